The highest BCUT2D eigenvalue weighted by Gasteiger charge is 2.41. The number of piperazine rings is 1. The van der Waals surface area contributed by atoms with Crippen molar-refractivity contribution in [2.75, 3.05) is 40.8 Å². The van der Waals surface area contributed by atoms with E-state index < -0.39 is 22.0 Å². The Bertz CT molecular complexity index is 1430. The molecule has 14 heteroatoms. The third kappa shape index (κ3) is 4.40. The molecule has 2 aromatic heterocycles. The summed E-state index contributed by atoms with van der Waals surface area (Å²) in [6.07, 6.45) is 0. The van der Waals surface area contributed by atoms with Crippen molar-refractivity contribution in [1.29, 1.82) is 0 Å². The maximum Gasteiger partial charge on any atom is 0.283 e. The Morgan fingerprint density at radius 3 is 2.67 bits per heavy atom. The number of aromatic amines is 1. The summed E-state index contributed by atoms with van der Waals surface area (Å²) in [5.74, 6) is -0.807. The molecular formula is C22H26ClN7O4S2. The molecule has 0 spiro atoms. The summed E-state index contributed by atoms with van der Waals surface area (Å²) in [6, 6.07) is 5.60. The first-order valence-corrected chi connectivity index (χ1v) is 13.9. The van der Waals surface area contributed by atoms with Crippen molar-refractivity contribution in [2.45, 2.75) is 24.2 Å². The highest BCUT2D eigenvalue weighted by Crippen LogP contribution is 2.29. The van der Waals surface area contributed by atoms with Crippen LogP contribution in [0.4, 0.5) is 0 Å². The standard InChI is InChI=1S/C22H26ClN7O4S2/c1-24-20(31)17-11-29(36(33,34)19-9-13-8-14(23)4-5-15(13)25-19)6-7-30(17)22(32)21-26-16-10-27(2)28(3)12-18(16)35-21/h4-5,8-9,17,25H,6-7,10-12H2,1-3H3,(H,24,31). The molecule has 1 aromatic carbocycles. The number of rotatable bonds is 4. The fraction of sp³-hybridized carbons (Fsp3) is 0.409. The Hall–Kier alpha value is -2.55. The summed E-state index contributed by atoms with van der Waals surface area (Å²) in [7, 11) is 1.44. The van der Waals surface area contributed by atoms with Gasteiger partial charge >= 0.3 is 0 Å². The van der Waals surface area contributed by atoms with Crippen LogP contribution >= 0.6 is 22.9 Å². The van der Waals surface area contributed by atoms with Gasteiger partial charge in [0.25, 0.3) is 15.9 Å². The minimum absolute atomic E-state index is 0.0102. The van der Waals surface area contributed by atoms with Crippen LogP contribution in [0.25, 0.3) is 10.9 Å². The minimum atomic E-state index is -3.95. The summed E-state index contributed by atoms with van der Waals surface area (Å²) in [5.41, 5.74) is 1.49. The van der Waals surface area contributed by atoms with Crippen molar-refractivity contribution in [3.63, 3.8) is 0 Å². The first kappa shape index (κ1) is 25.1. The van der Waals surface area contributed by atoms with Crippen molar-refractivity contribution < 1.29 is 18.0 Å². The number of halogens is 1. The van der Waals surface area contributed by atoms with Gasteiger partial charge in [0.1, 0.15) is 11.1 Å². The number of hydrogen-bond acceptors (Lipinski definition) is 8. The first-order chi connectivity index (χ1) is 17.1. The lowest BCUT2D eigenvalue weighted by molar-refractivity contribution is -0.126. The molecule has 5 rings (SSSR count). The third-order valence-corrected chi connectivity index (χ3v) is 9.72. The van der Waals surface area contributed by atoms with Gasteiger partial charge in [0.15, 0.2) is 5.01 Å². The highest BCUT2D eigenvalue weighted by atomic mass is 35.5. The first-order valence-electron chi connectivity index (χ1n) is 11.3. The molecule has 11 nitrogen and oxygen atoms in total. The molecule has 0 saturated carbocycles. The topological polar surface area (TPSA) is 122 Å². The number of likely N-dealkylation sites (N-methyl/N-ethyl adjacent to an activating group) is 1. The summed E-state index contributed by atoms with van der Waals surface area (Å²) in [5, 5.41) is 8.11. The normalized spacial score (nSPS) is 20.0. The van der Waals surface area contributed by atoms with Crippen LogP contribution < -0.4 is 5.32 Å². The highest BCUT2D eigenvalue weighted by molar-refractivity contribution is 7.89. The molecule has 2 aliphatic rings. The number of thiazole rings is 1. The van der Waals surface area contributed by atoms with Crippen molar-refractivity contribution in [3.8, 4) is 0 Å². The van der Waals surface area contributed by atoms with Crippen LogP contribution in [-0.4, -0.2) is 96.2 Å². The van der Waals surface area contributed by atoms with E-state index in [0.29, 0.717) is 34.0 Å². The van der Waals surface area contributed by atoms with E-state index in [0.717, 1.165) is 10.6 Å². The van der Waals surface area contributed by atoms with Crippen LogP contribution in [0.1, 0.15) is 20.4 Å². The molecule has 2 N–H and O–H groups in total. The van der Waals surface area contributed by atoms with Crippen molar-refractivity contribution in [3.05, 3.63) is 44.9 Å². The number of carbonyl (C=O) groups is 2. The average molecular weight is 552 g/mol. The zero-order chi connectivity index (χ0) is 25.8. The molecule has 0 bridgehead atoms. The maximum absolute atomic E-state index is 13.5. The number of hydrogen-bond donors (Lipinski definition) is 2. The van der Waals surface area contributed by atoms with Crippen LogP contribution in [0.5, 0.6) is 0 Å². The van der Waals surface area contributed by atoms with E-state index in [1.54, 1.807) is 18.2 Å². The lowest BCUT2D eigenvalue weighted by Gasteiger charge is -2.39. The van der Waals surface area contributed by atoms with Gasteiger partial charge in [0.2, 0.25) is 5.91 Å². The molecule has 3 aromatic rings. The number of H-pyrrole nitrogens is 1. The van der Waals surface area contributed by atoms with Gasteiger partial charge in [-0.05, 0) is 24.3 Å². The molecule has 192 valence electrons. The second-order valence-electron chi connectivity index (χ2n) is 8.88. The molecule has 1 saturated heterocycles. The Labute approximate surface area is 217 Å². The summed E-state index contributed by atoms with van der Waals surface area (Å²) >= 11 is 7.36. The molecule has 2 amide bonds. The van der Waals surface area contributed by atoms with Crippen LogP contribution in [0.2, 0.25) is 5.02 Å². The number of amides is 2. The fourth-order valence-corrected chi connectivity index (χ4v) is 7.18. The van der Waals surface area contributed by atoms with Crippen molar-refractivity contribution >= 4 is 55.7 Å². The number of sulfonamides is 1. The molecule has 1 unspecified atom stereocenters. The average Bonchev–Trinajstić information content (AvgIpc) is 3.47. The molecule has 0 aliphatic carbocycles. The Kier molecular flexibility index (Phi) is 6.55. The molecule has 2 aliphatic heterocycles. The van der Waals surface area contributed by atoms with Crippen LogP contribution in [0.15, 0.2) is 29.3 Å². The molecule has 4 heterocycles. The van der Waals surface area contributed by atoms with Crippen molar-refractivity contribution in [2.24, 2.45) is 0 Å². The maximum atomic E-state index is 13.5. The third-order valence-electron chi connectivity index (χ3n) is 6.62. The molecule has 1 fully saturated rings. The van der Waals surface area contributed by atoms with E-state index in [2.05, 4.69) is 15.3 Å². The number of fused-ring (bicyclic) bond motifs is 2. The van der Waals surface area contributed by atoms with Crippen LogP contribution in [0, 0.1) is 0 Å². The van der Waals surface area contributed by atoms with Crippen LogP contribution in [0.3, 0.4) is 0 Å². The number of nitrogens with zero attached hydrogens (tertiary/aromatic N) is 5. The minimum Gasteiger partial charge on any atom is -0.357 e. The second kappa shape index (κ2) is 9.39. The number of nitrogens with one attached hydrogen (secondary N) is 2. The smallest absolute Gasteiger partial charge is 0.283 e. The summed E-state index contributed by atoms with van der Waals surface area (Å²) < 4.78 is 28.1. The van der Waals surface area contributed by atoms with E-state index in [4.69, 9.17) is 11.6 Å². The quantitative estimate of drug-likeness (QED) is 0.501. The zero-order valence-electron chi connectivity index (χ0n) is 20.0. The van der Waals surface area contributed by atoms with Gasteiger partial charge in [-0.1, -0.05) is 11.6 Å². The van der Waals surface area contributed by atoms with E-state index in [1.165, 1.54) is 33.7 Å². The summed E-state index contributed by atoms with van der Waals surface area (Å²) in [4.78, 5) is 36.2. The van der Waals surface area contributed by atoms with Gasteiger partial charge in [0, 0.05) is 68.1 Å². The van der Waals surface area contributed by atoms with Crippen LogP contribution in [-0.2, 0) is 27.9 Å². The van der Waals surface area contributed by atoms with E-state index in [-0.39, 0.29) is 30.6 Å². The predicted molar refractivity (Wildman–Crippen MR) is 136 cm³/mol. The number of aromatic nitrogens is 2. The lowest BCUT2D eigenvalue weighted by atomic mass is 10.1. The van der Waals surface area contributed by atoms with E-state index in [9.17, 15) is 18.0 Å². The number of hydrazine groups is 1. The predicted octanol–water partition coefficient (Wildman–Crippen LogP) is 1.33. The number of benzene rings is 1. The molecule has 36 heavy (non-hydrogen) atoms. The lowest BCUT2D eigenvalue weighted by Crippen LogP contribution is -2.61. The zero-order valence-corrected chi connectivity index (χ0v) is 22.4. The Morgan fingerprint density at radius 1 is 1.17 bits per heavy atom. The SMILES string of the molecule is CNC(=O)C1CN(S(=O)(=O)c2cc3cc(Cl)ccc3[nH]2)CCN1C(=O)c1nc2c(s1)CN(C)N(C)C2. The largest absolute Gasteiger partial charge is 0.357 e. The Balaban J connectivity index is 1.40. The van der Waals surface area contributed by atoms with E-state index >= 15 is 0 Å². The molecule has 0 radical (unpaired) electrons. The van der Waals surface area contributed by atoms with Gasteiger partial charge in [-0.3, -0.25) is 9.59 Å². The van der Waals surface area contributed by atoms with Gasteiger partial charge in [-0.2, -0.15) is 4.31 Å². The summed E-state index contributed by atoms with van der Waals surface area (Å²) in [6.45, 7) is 1.19. The van der Waals surface area contributed by atoms with Gasteiger partial charge in [-0.25, -0.2) is 23.4 Å². The monoisotopic (exact) mass is 551 g/mol. The fourth-order valence-electron chi connectivity index (χ4n) is 4.48. The van der Waals surface area contributed by atoms with Gasteiger partial charge in [0.05, 0.1) is 12.2 Å². The van der Waals surface area contributed by atoms with E-state index in [1.807, 2.05) is 24.1 Å². The molecular weight excluding hydrogens is 526 g/mol. The number of carbonyl (C=O) groups excluding carboxylic acids is 2. The van der Waals surface area contributed by atoms with Gasteiger partial charge in [-0.15, -0.1) is 11.3 Å². The second-order valence-corrected chi connectivity index (χ2v) is 12.3. The van der Waals surface area contributed by atoms with Gasteiger partial charge < -0.3 is 15.2 Å². The van der Waals surface area contributed by atoms with Crippen molar-refractivity contribution in [1.82, 2.24) is 34.5 Å². The Morgan fingerprint density at radius 2 is 1.92 bits per heavy atom. The molecule has 1 atom stereocenters.